The van der Waals surface area contributed by atoms with Gasteiger partial charge in [-0.25, -0.2) is 0 Å². The molecule has 110 valence electrons. The molecule has 0 heterocycles. The van der Waals surface area contributed by atoms with E-state index in [0.29, 0.717) is 21.6 Å². The van der Waals surface area contributed by atoms with E-state index in [1.165, 1.54) is 0 Å². The van der Waals surface area contributed by atoms with Crippen molar-refractivity contribution in [3.8, 4) is 0 Å². The molecule has 0 atom stereocenters. The van der Waals surface area contributed by atoms with Crippen LogP contribution in [0.1, 0.15) is 11.1 Å². The van der Waals surface area contributed by atoms with Crippen LogP contribution in [0.25, 0.3) is 0 Å². The third-order valence-electron chi connectivity index (χ3n) is 2.99. The first-order valence-electron chi connectivity index (χ1n) is 6.49. The van der Waals surface area contributed by atoms with Gasteiger partial charge in [-0.1, -0.05) is 53.0 Å². The van der Waals surface area contributed by atoms with E-state index >= 15 is 0 Å². The first-order valence-corrected chi connectivity index (χ1v) is 7.63. The monoisotopic (exact) mass is 341 g/mol. The lowest BCUT2D eigenvalue weighted by molar-refractivity contribution is -0.120. The molecule has 0 bridgehead atoms. The highest BCUT2D eigenvalue weighted by Gasteiger charge is 2.07. The largest absolute Gasteiger partial charge is 0.355 e. The van der Waals surface area contributed by atoms with Gasteiger partial charge in [0.05, 0.1) is 6.42 Å². The Hall–Kier alpha value is -1.22. The van der Waals surface area contributed by atoms with Gasteiger partial charge in [0.25, 0.3) is 0 Å². The van der Waals surface area contributed by atoms with Crippen LogP contribution >= 0.6 is 34.8 Å². The lowest BCUT2D eigenvalue weighted by atomic mass is 10.1. The van der Waals surface area contributed by atoms with Crippen LogP contribution in [0, 0.1) is 0 Å². The summed E-state index contributed by atoms with van der Waals surface area (Å²) in [5.41, 5.74) is 1.86. The summed E-state index contributed by atoms with van der Waals surface area (Å²) < 4.78 is 0. The van der Waals surface area contributed by atoms with E-state index in [-0.39, 0.29) is 12.3 Å². The first-order chi connectivity index (χ1) is 10.0. The molecule has 2 aromatic carbocycles. The summed E-state index contributed by atoms with van der Waals surface area (Å²) in [5.74, 6) is -0.0683. The molecule has 2 rings (SSSR count). The second kappa shape index (κ2) is 7.69. The molecular formula is C16H14Cl3NO. The van der Waals surface area contributed by atoms with E-state index < -0.39 is 0 Å². The number of amides is 1. The molecule has 2 aromatic rings. The van der Waals surface area contributed by atoms with Crippen LogP contribution in [-0.4, -0.2) is 12.5 Å². The molecule has 1 amide bonds. The standard InChI is InChI=1S/C16H14Cl3NO/c17-13-3-1-2-11(8-13)6-7-20-16(21)9-12-4-5-14(18)10-15(12)19/h1-5,8,10H,6-7,9H2,(H,20,21). The van der Waals surface area contributed by atoms with Gasteiger partial charge in [0.1, 0.15) is 0 Å². The van der Waals surface area contributed by atoms with Crippen LogP contribution in [0.4, 0.5) is 0 Å². The molecule has 1 N–H and O–H groups in total. The Bertz CT molecular complexity index is 643. The van der Waals surface area contributed by atoms with Crippen LogP contribution in [0.15, 0.2) is 42.5 Å². The Morgan fingerprint density at radius 2 is 1.76 bits per heavy atom. The zero-order chi connectivity index (χ0) is 15.2. The number of benzene rings is 2. The van der Waals surface area contributed by atoms with Crippen LogP contribution in [0.5, 0.6) is 0 Å². The van der Waals surface area contributed by atoms with E-state index in [9.17, 15) is 4.79 Å². The van der Waals surface area contributed by atoms with Crippen molar-refractivity contribution in [3.63, 3.8) is 0 Å². The fourth-order valence-corrected chi connectivity index (χ4v) is 2.63. The minimum absolute atomic E-state index is 0.0683. The molecule has 5 heteroatoms. The lowest BCUT2D eigenvalue weighted by Crippen LogP contribution is -2.27. The third-order valence-corrected chi connectivity index (χ3v) is 3.81. The maximum Gasteiger partial charge on any atom is 0.224 e. The maximum absolute atomic E-state index is 11.9. The summed E-state index contributed by atoms with van der Waals surface area (Å²) in [6, 6.07) is 12.7. The number of carbonyl (C=O) groups is 1. The predicted octanol–water partition coefficient (Wildman–Crippen LogP) is 4.55. The van der Waals surface area contributed by atoms with Crippen LogP contribution < -0.4 is 5.32 Å². The van der Waals surface area contributed by atoms with Crippen molar-refractivity contribution >= 4 is 40.7 Å². The number of halogens is 3. The van der Waals surface area contributed by atoms with Crippen molar-refractivity contribution in [2.75, 3.05) is 6.54 Å². The van der Waals surface area contributed by atoms with Gasteiger partial charge in [0, 0.05) is 21.6 Å². The van der Waals surface area contributed by atoms with Gasteiger partial charge in [0.2, 0.25) is 5.91 Å². The van der Waals surface area contributed by atoms with Crippen molar-refractivity contribution in [2.45, 2.75) is 12.8 Å². The molecule has 0 saturated heterocycles. The third kappa shape index (κ3) is 5.24. The number of carbonyl (C=O) groups excluding carboxylic acids is 1. The molecule has 21 heavy (non-hydrogen) atoms. The van der Waals surface area contributed by atoms with Crippen LogP contribution in [-0.2, 0) is 17.6 Å². The molecule has 0 radical (unpaired) electrons. The van der Waals surface area contributed by atoms with Gasteiger partial charge >= 0.3 is 0 Å². The second-order valence-electron chi connectivity index (χ2n) is 4.64. The normalized spacial score (nSPS) is 10.4. The van der Waals surface area contributed by atoms with E-state index in [1.54, 1.807) is 18.2 Å². The smallest absolute Gasteiger partial charge is 0.224 e. The van der Waals surface area contributed by atoms with Crippen molar-refractivity contribution in [2.24, 2.45) is 0 Å². The molecule has 0 spiro atoms. The number of nitrogens with one attached hydrogen (secondary N) is 1. The number of hydrogen-bond donors (Lipinski definition) is 1. The Balaban J connectivity index is 1.82. The van der Waals surface area contributed by atoms with E-state index in [2.05, 4.69) is 5.32 Å². The van der Waals surface area contributed by atoms with Crippen molar-refractivity contribution in [1.82, 2.24) is 5.32 Å². The van der Waals surface area contributed by atoms with Gasteiger partial charge in [-0.15, -0.1) is 0 Å². The lowest BCUT2D eigenvalue weighted by Gasteiger charge is -2.07. The highest BCUT2D eigenvalue weighted by molar-refractivity contribution is 6.35. The van der Waals surface area contributed by atoms with Gasteiger partial charge in [0.15, 0.2) is 0 Å². The molecule has 0 aliphatic heterocycles. The quantitative estimate of drug-likeness (QED) is 0.848. The summed E-state index contributed by atoms with van der Waals surface area (Å²) in [5, 5.41) is 4.64. The van der Waals surface area contributed by atoms with Gasteiger partial charge in [-0.05, 0) is 41.8 Å². The van der Waals surface area contributed by atoms with E-state index in [4.69, 9.17) is 34.8 Å². The first kappa shape index (κ1) is 16.2. The van der Waals surface area contributed by atoms with Crippen molar-refractivity contribution < 1.29 is 4.79 Å². The minimum Gasteiger partial charge on any atom is -0.355 e. The van der Waals surface area contributed by atoms with Gasteiger partial charge in [-0.2, -0.15) is 0 Å². The second-order valence-corrected chi connectivity index (χ2v) is 5.92. The SMILES string of the molecule is O=C(Cc1ccc(Cl)cc1Cl)NCCc1cccc(Cl)c1. The number of hydrogen-bond acceptors (Lipinski definition) is 1. The molecule has 0 aromatic heterocycles. The van der Waals surface area contributed by atoms with Gasteiger partial charge in [-0.3, -0.25) is 4.79 Å². The zero-order valence-electron chi connectivity index (χ0n) is 11.2. The van der Waals surface area contributed by atoms with Crippen LogP contribution in [0.2, 0.25) is 15.1 Å². The molecule has 0 aliphatic carbocycles. The summed E-state index contributed by atoms with van der Waals surface area (Å²) in [7, 11) is 0. The average Bonchev–Trinajstić information content (AvgIpc) is 2.42. The minimum atomic E-state index is -0.0683. The molecule has 2 nitrogen and oxygen atoms in total. The zero-order valence-corrected chi connectivity index (χ0v) is 13.5. The Morgan fingerprint density at radius 3 is 2.48 bits per heavy atom. The Labute approximate surface area is 139 Å². The summed E-state index contributed by atoms with van der Waals surface area (Å²) in [6.07, 6.45) is 0.978. The Kier molecular flexibility index (Phi) is 5.92. The molecule has 0 unspecified atom stereocenters. The molecular weight excluding hydrogens is 329 g/mol. The molecule has 0 saturated carbocycles. The van der Waals surface area contributed by atoms with Crippen molar-refractivity contribution in [3.05, 3.63) is 68.7 Å². The van der Waals surface area contributed by atoms with E-state index in [1.807, 2.05) is 24.3 Å². The maximum atomic E-state index is 11.9. The van der Waals surface area contributed by atoms with Crippen LogP contribution in [0.3, 0.4) is 0 Å². The highest BCUT2D eigenvalue weighted by Crippen LogP contribution is 2.21. The molecule has 0 fully saturated rings. The summed E-state index contributed by atoms with van der Waals surface area (Å²) >= 11 is 17.8. The summed E-state index contributed by atoms with van der Waals surface area (Å²) in [6.45, 7) is 0.560. The fraction of sp³-hybridized carbons (Fsp3) is 0.188. The van der Waals surface area contributed by atoms with Crippen molar-refractivity contribution in [1.29, 1.82) is 0 Å². The van der Waals surface area contributed by atoms with E-state index in [0.717, 1.165) is 17.5 Å². The molecule has 0 aliphatic rings. The van der Waals surface area contributed by atoms with Gasteiger partial charge < -0.3 is 5.32 Å². The summed E-state index contributed by atoms with van der Waals surface area (Å²) in [4.78, 5) is 11.9. The number of rotatable bonds is 5. The average molecular weight is 343 g/mol. The Morgan fingerprint density at radius 1 is 1.00 bits per heavy atom. The predicted molar refractivity (Wildman–Crippen MR) is 88.3 cm³/mol. The highest BCUT2D eigenvalue weighted by atomic mass is 35.5. The topological polar surface area (TPSA) is 29.1 Å². The fourth-order valence-electron chi connectivity index (χ4n) is 1.94.